The monoisotopic (exact) mass is 350 g/mol. The van der Waals surface area contributed by atoms with E-state index in [2.05, 4.69) is 0 Å². The molecule has 26 heavy (non-hydrogen) atoms. The van der Waals surface area contributed by atoms with Crippen LogP contribution in [0.3, 0.4) is 0 Å². The Bertz CT molecular complexity index is 844. The van der Waals surface area contributed by atoms with Crippen molar-refractivity contribution in [2.24, 2.45) is 0 Å². The fraction of sp³-hybridized carbons (Fsp3) is 0. The second-order valence-corrected chi connectivity index (χ2v) is 5.01. The lowest BCUT2D eigenvalue weighted by atomic mass is 10.3. The molecule has 0 atom stereocenters. The average molecular weight is 350 g/mol. The van der Waals surface area contributed by atoms with Crippen LogP contribution in [0.1, 0.15) is 11.5 Å². The van der Waals surface area contributed by atoms with E-state index in [0.717, 1.165) is 0 Å². The summed E-state index contributed by atoms with van der Waals surface area (Å²) >= 11 is 0. The highest BCUT2D eigenvalue weighted by atomic mass is 16.5. The van der Waals surface area contributed by atoms with Crippen molar-refractivity contribution < 1.29 is 27.9 Å². The number of benzene rings is 1. The van der Waals surface area contributed by atoms with Crippen LogP contribution in [0.2, 0.25) is 0 Å². The summed E-state index contributed by atoms with van der Waals surface area (Å²) < 4.78 is 20.5. The van der Waals surface area contributed by atoms with Crippen LogP contribution >= 0.6 is 0 Å². The Morgan fingerprint density at radius 2 is 1.23 bits per heavy atom. The Balaban J connectivity index is 1.57. The number of furan rings is 2. The van der Waals surface area contributed by atoms with E-state index in [4.69, 9.17) is 18.3 Å². The maximum absolute atomic E-state index is 11.8. The molecule has 0 N–H and O–H groups in total. The third kappa shape index (κ3) is 5.10. The molecule has 1 aromatic carbocycles. The molecule has 6 nitrogen and oxygen atoms in total. The highest BCUT2D eigenvalue weighted by Gasteiger charge is 2.05. The molecule has 0 fully saturated rings. The number of carbonyl (C=O) groups excluding carboxylic acids is 2. The number of carbonyl (C=O) groups is 2. The quantitative estimate of drug-likeness (QED) is 0.378. The van der Waals surface area contributed by atoms with Gasteiger partial charge in [0.1, 0.15) is 23.0 Å². The predicted octanol–water partition coefficient (Wildman–Crippen LogP) is 4.11. The Hall–Kier alpha value is -3.80. The van der Waals surface area contributed by atoms with Gasteiger partial charge in [0.05, 0.1) is 12.5 Å². The van der Waals surface area contributed by atoms with Crippen molar-refractivity contribution in [2.75, 3.05) is 0 Å². The summed E-state index contributed by atoms with van der Waals surface area (Å²) in [6.07, 6.45) is 8.47. The molecule has 0 unspecified atom stereocenters. The third-order valence-electron chi connectivity index (χ3n) is 3.10. The smallest absolute Gasteiger partial charge is 0.336 e. The van der Waals surface area contributed by atoms with Crippen LogP contribution in [0, 0.1) is 0 Å². The van der Waals surface area contributed by atoms with Gasteiger partial charge in [0, 0.05) is 18.2 Å². The number of esters is 2. The van der Waals surface area contributed by atoms with E-state index in [9.17, 15) is 9.59 Å². The van der Waals surface area contributed by atoms with Crippen molar-refractivity contribution in [3.05, 3.63) is 84.7 Å². The van der Waals surface area contributed by atoms with Crippen LogP contribution in [-0.2, 0) is 9.59 Å². The topological polar surface area (TPSA) is 78.9 Å². The van der Waals surface area contributed by atoms with E-state index in [1.54, 1.807) is 42.5 Å². The number of hydrogen-bond donors (Lipinski definition) is 0. The molecular weight excluding hydrogens is 336 g/mol. The molecule has 130 valence electrons. The van der Waals surface area contributed by atoms with Gasteiger partial charge in [-0.05, 0) is 48.6 Å². The van der Waals surface area contributed by atoms with Crippen LogP contribution in [0.4, 0.5) is 0 Å². The van der Waals surface area contributed by atoms with Crippen LogP contribution in [0.25, 0.3) is 12.2 Å². The molecule has 0 saturated carbocycles. The van der Waals surface area contributed by atoms with Crippen molar-refractivity contribution in [3.8, 4) is 11.5 Å². The van der Waals surface area contributed by atoms with Gasteiger partial charge >= 0.3 is 11.9 Å². The second kappa shape index (κ2) is 8.34. The molecule has 3 aromatic rings. The SMILES string of the molecule is O=C(/C=C/c1ccco1)Oc1cccc(OC(=O)/C=C/c2ccco2)c1. The number of rotatable bonds is 6. The van der Waals surface area contributed by atoms with Gasteiger partial charge in [0.15, 0.2) is 0 Å². The van der Waals surface area contributed by atoms with Gasteiger partial charge in [0.25, 0.3) is 0 Å². The number of ether oxygens (including phenoxy) is 2. The maximum atomic E-state index is 11.8. The van der Waals surface area contributed by atoms with Crippen molar-refractivity contribution in [3.63, 3.8) is 0 Å². The van der Waals surface area contributed by atoms with Crippen molar-refractivity contribution in [2.45, 2.75) is 0 Å². The number of hydrogen-bond acceptors (Lipinski definition) is 6. The fourth-order valence-electron chi connectivity index (χ4n) is 1.97. The van der Waals surface area contributed by atoms with Crippen LogP contribution < -0.4 is 9.47 Å². The van der Waals surface area contributed by atoms with Crippen molar-refractivity contribution in [1.29, 1.82) is 0 Å². The Morgan fingerprint density at radius 3 is 1.65 bits per heavy atom. The van der Waals surface area contributed by atoms with E-state index in [-0.39, 0.29) is 11.5 Å². The molecular formula is C20H14O6. The largest absolute Gasteiger partial charge is 0.465 e. The molecule has 0 aliphatic carbocycles. The normalized spacial score (nSPS) is 11.1. The molecule has 0 aliphatic heterocycles. The minimum absolute atomic E-state index is 0.249. The van der Waals surface area contributed by atoms with E-state index in [1.807, 2.05) is 0 Å². The third-order valence-corrected chi connectivity index (χ3v) is 3.10. The average Bonchev–Trinajstić information content (AvgIpc) is 3.32. The Morgan fingerprint density at radius 1 is 0.731 bits per heavy atom. The minimum atomic E-state index is -0.581. The summed E-state index contributed by atoms with van der Waals surface area (Å²) in [4.78, 5) is 23.6. The Labute approximate surface area is 148 Å². The zero-order chi connectivity index (χ0) is 18.2. The fourth-order valence-corrected chi connectivity index (χ4v) is 1.97. The molecule has 2 heterocycles. The first-order chi connectivity index (χ1) is 12.7. The molecule has 0 radical (unpaired) electrons. The van der Waals surface area contributed by atoms with Crippen LogP contribution in [-0.4, -0.2) is 11.9 Å². The standard InChI is InChI=1S/C20H14O6/c21-19(10-8-15-6-2-12-23-15)25-17-4-1-5-18(14-17)26-20(22)11-9-16-7-3-13-24-16/h1-14H/b10-8+,11-9+. The van der Waals surface area contributed by atoms with Gasteiger partial charge in [-0.2, -0.15) is 0 Å². The van der Waals surface area contributed by atoms with E-state index < -0.39 is 11.9 Å². The van der Waals surface area contributed by atoms with E-state index in [0.29, 0.717) is 11.5 Å². The van der Waals surface area contributed by atoms with Crippen molar-refractivity contribution >= 4 is 24.1 Å². The summed E-state index contributed by atoms with van der Waals surface area (Å²) in [7, 11) is 0. The van der Waals surface area contributed by atoms with Gasteiger partial charge in [-0.1, -0.05) is 6.07 Å². The van der Waals surface area contributed by atoms with E-state index >= 15 is 0 Å². The molecule has 6 heteroatoms. The summed E-state index contributed by atoms with van der Waals surface area (Å²) in [5, 5.41) is 0. The summed E-state index contributed by atoms with van der Waals surface area (Å²) in [5.41, 5.74) is 0. The molecule has 2 aromatic heterocycles. The molecule has 3 rings (SSSR count). The predicted molar refractivity (Wildman–Crippen MR) is 93.2 cm³/mol. The summed E-state index contributed by atoms with van der Waals surface area (Å²) in [6.45, 7) is 0. The van der Waals surface area contributed by atoms with Crippen molar-refractivity contribution in [1.82, 2.24) is 0 Å². The van der Waals surface area contributed by atoms with Crippen LogP contribution in [0.15, 0.2) is 82.0 Å². The maximum Gasteiger partial charge on any atom is 0.336 e. The highest BCUT2D eigenvalue weighted by Crippen LogP contribution is 2.20. The first-order valence-electron chi connectivity index (χ1n) is 7.66. The van der Waals surface area contributed by atoms with Gasteiger partial charge in [-0.15, -0.1) is 0 Å². The second-order valence-electron chi connectivity index (χ2n) is 5.01. The summed E-state index contributed by atoms with van der Waals surface area (Å²) in [5.74, 6) is 0.407. The first kappa shape index (κ1) is 17.0. The summed E-state index contributed by atoms with van der Waals surface area (Å²) in [6, 6.07) is 13.0. The zero-order valence-corrected chi connectivity index (χ0v) is 13.5. The van der Waals surface area contributed by atoms with Gasteiger partial charge in [-0.3, -0.25) is 0 Å². The lowest BCUT2D eigenvalue weighted by Gasteiger charge is -2.04. The molecule has 0 aliphatic rings. The molecule has 0 bridgehead atoms. The highest BCUT2D eigenvalue weighted by molar-refractivity contribution is 5.89. The van der Waals surface area contributed by atoms with Gasteiger partial charge < -0.3 is 18.3 Å². The van der Waals surface area contributed by atoms with Gasteiger partial charge in [-0.25, -0.2) is 9.59 Å². The van der Waals surface area contributed by atoms with Gasteiger partial charge in [0.2, 0.25) is 0 Å². The molecule has 0 saturated heterocycles. The molecule has 0 amide bonds. The molecule has 0 spiro atoms. The lowest BCUT2D eigenvalue weighted by molar-refractivity contribution is -0.129. The minimum Gasteiger partial charge on any atom is -0.465 e. The van der Waals surface area contributed by atoms with Crippen LogP contribution in [0.5, 0.6) is 11.5 Å². The zero-order valence-electron chi connectivity index (χ0n) is 13.5. The van der Waals surface area contributed by atoms with E-state index in [1.165, 1.54) is 42.9 Å². The first-order valence-corrected chi connectivity index (χ1v) is 7.66. The lowest BCUT2D eigenvalue weighted by Crippen LogP contribution is -2.06. The Kier molecular flexibility index (Phi) is 5.47.